The molecule has 2 rings (SSSR count). The zero-order chi connectivity index (χ0) is 14.0. The molecule has 19 heavy (non-hydrogen) atoms. The fourth-order valence-corrected chi connectivity index (χ4v) is 3.58. The highest BCUT2D eigenvalue weighted by Crippen LogP contribution is 2.33. The Bertz CT molecular complexity index is 552. The van der Waals surface area contributed by atoms with Crippen molar-refractivity contribution in [3.8, 4) is 0 Å². The molecule has 0 radical (unpaired) electrons. The Balaban J connectivity index is 2.29. The molecule has 0 aliphatic carbocycles. The van der Waals surface area contributed by atoms with Crippen molar-refractivity contribution in [2.45, 2.75) is 13.3 Å². The molecule has 0 spiro atoms. The zero-order valence-corrected chi connectivity index (χ0v) is 13.3. The third-order valence-corrected chi connectivity index (χ3v) is 4.32. The Morgan fingerprint density at radius 3 is 2.53 bits per heavy atom. The first-order valence-corrected chi connectivity index (χ1v) is 7.71. The second-order valence-corrected chi connectivity index (χ2v) is 6.58. The quantitative estimate of drug-likeness (QED) is 0.596. The van der Waals surface area contributed by atoms with Gasteiger partial charge in [-0.3, -0.25) is 9.69 Å². The zero-order valence-electron chi connectivity index (χ0n) is 10.2. The summed E-state index contributed by atoms with van der Waals surface area (Å²) in [5, 5.41) is 1.09. The first-order valence-electron chi connectivity index (χ1n) is 5.72. The number of carbonyl (C=O) groups is 1. The van der Waals surface area contributed by atoms with Gasteiger partial charge in [0.05, 0.1) is 4.91 Å². The first-order chi connectivity index (χ1) is 9.01. The van der Waals surface area contributed by atoms with Gasteiger partial charge in [-0.05, 0) is 36.3 Å². The van der Waals surface area contributed by atoms with E-state index in [-0.39, 0.29) is 5.91 Å². The van der Waals surface area contributed by atoms with Crippen molar-refractivity contribution < 1.29 is 4.79 Å². The number of thiocarbonyl (C=S) groups is 1. The molecule has 2 nitrogen and oxygen atoms in total. The van der Waals surface area contributed by atoms with E-state index >= 15 is 0 Å². The molecule has 1 aromatic rings. The van der Waals surface area contributed by atoms with Gasteiger partial charge in [0.2, 0.25) is 0 Å². The van der Waals surface area contributed by atoms with Gasteiger partial charge in [-0.25, -0.2) is 0 Å². The highest BCUT2D eigenvalue weighted by atomic mass is 35.5. The fourth-order valence-electron chi connectivity index (χ4n) is 1.73. The van der Waals surface area contributed by atoms with Gasteiger partial charge in [-0.1, -0.05) is 54.1 Å². The van der Waals surface area contributed by atoms with Crippen LogP contribution in [-0.2, 0) is 4.79 Å². The van der Waals surface area contributed by atoms with E-state index in [0.717, 1.165) is 12.0 Å². The number of benzene rings is 1. The van der Waals surface area contributed by atoms with Crippen LogP contribution in [0.1, 0.15) is 18.9 Å². The molecule has 0 saturated carbocycles. The second-order valence-electron chi connectivity index (χ2n) is 4.04. The van der Waals surface area contributed by atoms with Crippen molar-refractivity contribution in [1.29, 1.82) is 0 Å². The maximum atomic E-state index is 12.2. The molecular formula is C13H11Cl2NOS2. The number of halogens is 2. The summed E-state index contributed by atoms with van der Waals surface area (Å²) in [6, 6.07) is 5.18. The van der Waals surface area contributed by atoms with Crippen LogP contribution in [0.2, 0.25) is 10.0 Å². The Morgan fingerprint density at radius 1 is 1.32 bits per heavy atom. The van der Waals surface area contributed by atoms with E-state index < -0.39 is 0 Å². The molecule has 100 valence electrons. The number of hydrogen-bond donors (Lipinski definition) is 0. The summed E-state index contributed by atoms with van der Waals surface area (Å²) < 4.78 is 0.603. The molecule has 1 amide bonds. The van der Waals surface area contributed by atoms with Crippen LogP contribution in [0.15, 0.2) is 23.1 Å². The summed E-state index contributed by atoms with van der Waals surface area (Å²) in [4.78, 5) is 14.4. The maximum Gasteiger partial charge on any atom is 0.266 e. The van der Waals surface area contributed by atoms with Crippen LogP contribution in [0.5, 0.6) is 0 Å². The van der Waals surface area contributed by atoms with Gasteiger partial charge in [0.15, 0.2) is 0 Å². The summed E-state index contributed by atoms with van der Waals surface area (Å²) in [6.45, 7) is 2.66. The molecule has 1 heterocycles. The van der Waals surface area contributed by atoms with Gasteiger partial charge in [-0.15, -0.1) is 0 Å². The van der Waals surface area contributed by atoms with E-state index in [1.54, 1.807) is 29.2 Å². The number of hydrogen-bond acceptors (Lipinski definition) is 3. The molecule has 0 aromatic heterocycles. The van der Waals surface area contributed by atoms with Crippen LogP contribution < -0.4 is 0 Å². The molecule has 1 saturated heterocycles. The molecule has 1 aliphatic rings. The molecule has 1 fully saturated rings. The lowest BCUT2D eigenvalue weighted by molar-refractivity contribution is -0.122. The number of amides is 1. The lowest BCUT2D eigenvalue weighted by Crippen LogP contribution is -2.28. The number of nitrogens with zero attached hydrogens (tertiary/aromatic N) is 1. The van der Waals surface area contributed by atoms with E-state index in [9.17, 15) is 4.79 Å². The first kappa shape index (κ1) is 14.9. The van der Waals surface area contributed by atoms with Gasteiger partial charge >= 0.3 is 0 Å². The summed E-state index contributed by atoms with van der Waals surface area (Å²) in [5.41, 5.74) is 0.800. The smallest absolute Gasteiger partial charge is 0.266 e. The highest BCUT2D eigenvalue weighted by Gasteiger charge is 2.31. The summed E-state index contributed by atoms with van der Waals surface area (Å²) in [5.74, 6) is -0.0482. The molecule has 0 unspecified atom stereocenters. The number of thioether (sulfide) groups is 1. The monoisotopic (exact) mass is 331 g/mol. The minimum atomic E-state index is -0.0482. The molecule has 6 heteroatoms. The van der Waals surface area contributed by atoms with E-state index in [2.05, 4.69) is 0 Å². The molecular weight excluding hydrogens is 321 g/mol. The van der Waals surface area contributed by atoms with Gasteiger partial charge in [0.25, 0.3) is 5.91 Å². The van der Waals surface area contributed by atoms with Crippen molar-refractivity contribution in [1.82, 2.24) is 4.90 Å². The van der Waals surface area contributed by atoms with Crippen molar-refractivity contribution in [2.75, 3.05) is 6.54 Å². The Hall–Kier alpha value is -0.550. The normalized spacial score (nSPS) is 17.6. The minimum Gasteiger partial charge on any atom is -0.293 e. The second kappa shape index (κ2) is 6.27. The molecule has 1 aromatic carbocycles. The van der Waals surface area contributed by atoms with Crippen LogP contribution in [-0.4, -0.2) is 21.7 Å². The number of carbonyl (C=O) groups excluding carboxylic acids is 1. The fraction of sp³-hybridized carbons (Fsp3) is 0.231. The van der Waals surface area contributed by atoms with Gasteiger partial charge in [0, 0.05) is 16.6 Å². The maximum absolute atomic E-state index is 12.2. The van der Waals surface area contributed by atoms with E-state index in [4.69, 9.17) is 35.4 Å². The predicted molar refractivity (Wildman–Crippen MR) is 86.6 cm³/mol. The third-order valence-electron chi connectivity index (χ3n) is 2.50. The Kier molecular flexibility index (Phi) is 4.90. The lowest BCUT2D eigenvalue weighted by atomic mass is 10.2. The van der Waals surface area contributed by atoms with Crippen LogP contribution in [0.4, 0.5) is 0 Å². The van der Waals surface area contributed by atoms with Crippen molar-refractivity contribution in [3.63, 3.8) is 0 Å². The van der Waals surface area contributed by atoms with Gasteiger partial charge < -0.3 is 0 Å². The Morgan fingerprint density at radius 2 is 1.95 bits per heavy atom. The minimum absolute atomic E-state index is 0.0482. The molecule has 0 N–H and O–H groups in total. The largest absolute Gasteiger partial charge is 0.293 e. The summed E-state index contributed by atoms with van der Waals surface area (Å²) in [6.07, 6.45) is 2.65. The van der Waals surface area contributed by atoms with E-state index in [0.29, 0.717) is 25.8 Å². The van der Waals surface area contributed by atoms with Crippen LogP contribution in [0, 0.1) is 0 Å². The molecule has 1 aliphatic heterocycles. The van der Waals surface area contributed by atoms with Gasteiger partial charge in [0.1, 0.15) is 4.32 Å². The van der Waals surface area contributed by atoms with Gasteiger partial charge in [-0.2, -0.15) is 0 Å². The van der Waals surface area contributed by atoms with Crippen molar-refractivity contribution >= 4 is 63.5 Å². The summed E-state index contributed by atoms with van der Waals surface area (Å²) >= 11 is 18.4. The van der Waals surface area contributed by atoms with E-state index in [1.165, 1.54) is 11.8 Å². The number of rotatable bonds is 3. The standard InChI is InChI=1S/C13H11Cl2NOS2/c1-2-3-16-12(17)11(19-13(16)18)6-8-4-9(14)7-10(15)5-8/h4-7H,2-3H2,1H3/b11-6-. The molecule has 0 bridgehead atoms. The SMILES string of the molecule is CCCN1C(=O)/C(=C/c2cc(Cl)cc(Cl)c2)SC1=S. The van der Waals surface area contributed by atoms with E-state index in [1.807, 2.05) is 6.92 Å². The predicted octanol–water partition coefficient (Wildman–Crippen LogP) is 4.60. The Labute approximate surface area is 131 Å². The average molecular weight is 332 g/mol. The lowest BCUT2D eigenvalue weighted by Gasteiger charge is -2.11. The van der Waals surface area contributed by atoms with Crippen molar-refractivity contribution in [3.05, 3.63) is 38.7 Å². The summed E-state index contributed by atoms with van der Waals surface area (Å²) in [7, 11) is 0. The van der Waals surface area contributed by atoms with Crippen LogP contribution in [0.3, 0.4) is 0 Å². The topological polar surface area (TPSA) is 20.3 Å². The average Bonchev–Trinajstić information content (AvgIpc) is 2.56. The third kappa shape index (κ3) is 3.51. The molecule has 0 atom stereocenters. The van der Waals surface area contributed by atoms with Crippen LogP contribution >= 0.6 is 47.2 Å². The van der Waals surface area contributed by atoms with Crippen LogP contribution in [0.25, 0.3) is 6.08 Å². The highest BCUT2D eigenvalue weighted by molar-refractivity contribution is 8.26. The van der Waals surface area contributed by atoms with Crippen molar-refractivity contribution in [2.24, 2.45) is 0 Å².